The van der Waals surface area contributed by atoms with Gasteiger partial charge in [-0.15, -0.1) is 0 Å². The Morgan fingerprint density at radius 2 is 1.76 bits per heavy atom. The highest BCUT2D eigenvalue weighted by atomic mass is 16.4. The van der Waals surface area contributed by atoms with Crippen molar-refractivity contribution < 1.29 is 9.21 Å². The fraction of sp³-hybridized carbons (Fsp3) is 0.500. The third-order valence-electron chi connectivity index (χ3n) is 5.36. The lowest BCUT2D eigenvalue weighted by Gasteiger charge is -2.31. The summed E-state index contributed by atoms with van der Waals surface area (Å²) < 4.78 is 6.05. The zero-order valence-corrected chi connectivity index (χ0v) is 16.6. The maximum atomic E-state index is 12.2. The molecule has 0 atom stereocenters. The van der Waals surface area contributed by atoms with Gasteiger partial charge < -0.3 is 9.32 Å². The molecule has 0 N–H and O–H groups in total. The first kappa shape index (κ1) is 19.3. The quantitative estimate of drug-likeness (QED) is 0.693. The molecule has 0 bridgehead atoms. The fourth-order valence-corrected chi connectivity index (χ4v) is 3.64. The summed E-state index contributed by atoms with van der Waals surface area (Å²) in [5.74, 6) is 1.66. The molecule has 0 spiro atoms. The maximum Gasteiger partial charge on any atom is 0.289 e. The van der Waals surface area contributed by atoms with Gasteiger partial charge in [0.15, 0.2) is 5.76 Å². The van der Waals surface area contributed by atoms with E-state index in [0.717, 1.165) is 18.6 Å². The second-order valence-corrected chi connectivity index (χ2v) is 7.38. The Bertz CT molecular complexity index is 736. The van der Waals surface area contributed by atoms with Crippen LogP contribution < -0.4 is 0 Å². The van der Waals surface area contributed by atoms with Crippen LogP contribution in [-0.2, 0) is 5.41 Å². The largest absolute Gasteiger partial charge is 0.455 e. The van der Waals surface area contributed by atoms with Gasteiger partial charge >= 0.3 is 0 Å². The zero-order valence-electron chi connectivity index (χ0n) is 16.6. The Balaban J connectivity index is 2.56. The molecule has 25 heavy (non-hydrogen) atoms. The molecule has 136 valence electrons. The van der Waals surface area contributed by atoms with Crippen LogP contribution in [0.15, 0.2) is 34.7 Å². The number of benzene rings is 1. The Morgan fingerprint density at radius 3 is 2.28 bits per heavy atom. The lowest BCUT2D eigenvalue weighted by atomic mass is 9.73. The third-order valence-corrected chi connectivity index (χ3v) is 5.36. The molecule has 0 aliphatic rings. The van der Waals surface area contributed by atoms with Gasteiger partial charge in [-0.25, -0.2) is 0 Å². The number of aryl methyl sites for hydroxylation is 1. The zero-order chi connectivity index (χ0) is 18.8. The van der Waals surface area contributed by atoms with Crippen LogP contribution in [0.3, 0.4) is 0 Å². The van der Waals surface area contributed by atoms with Crippen molar-refractivity contribution in [3.8, 4) is 0 Å². The minimum Gasteiger partial charge on any atom is -0.455 e. The lowest BCUT2D eigenvalue weighted by molar-refractivity contribution is 0.0792. The molecule has 1 amide bonds. The van der Waals surface area contributed by atoms with Gasteiger partial charge in [-0.3, -0.25) is 4.79 Å². The van der Waals surface area contributed by atoms with Crippen molar-refractivity contribution in [2.24, 2.45) is 0 Å². The minimum atomic E-state index is -0.206. The standard InChI is InChI=1S/C22H31NO2/c1-8-22(9-2,17-11-10-16(5)18(14-17)15(3)4)20-13-12-19(25-20)21(24)23(6)7/h10-15H,8-9H2,1-7H3. The molecular formula is C22H31NO2. The minimum absolute atomic E-state index is 0.0980. The van der Waals surface area contributed by atoms with E-state index in [-0.39, 0.29) is 11.3 Å². The van der Waals surface area contributed by atoms with Gasteiger partial charge in [0.25, 0.3) is 5.91 Å². The second-order valence-electron chi connectivity index (χ2n) is 7.38. The summed E-state index contributed by atoms with van der Waals surface area (Å²) in [4.78, 5) is 13.8. The monoisotopic (exact) mass is 341 g/mol. The van der Waals surface area contributed by atoms with Crippen molar-refractivity contribution in [3.05, 3.63) is 58.5 Å². The summed E-state index contributed by atoms with van der Waals surface area (Å²) in [5.41, 5.74) is 3.76. The van der Waals surface area contributed by atoms with Gasteiger partial charge in [0.05, 0.1) is 5.41 Å². The normalized spacial score (nSPS) is 11.8. The van der Waals surface area contributed by atoms with E-state index in [2.05, 4.69) is 52.8 Å². The highest BCUT2D eigenvalue weighted by Gasteiger charge is 2.35. The van der Waals surface area contributed by atoms with E-state index in [1.54, 1.807) is 25.1 Å². The lowest BCUT2D eigenvalue weighted by Crippen LogP contribution is -2.26. The number of carbonyl (C=O) groups excluding carboxylic acids is 1. The van der Waals surface area contributed by atoms with Crippen molar-refractivity contribution in [2.45, 2.75) is 58.8 Å². The van der Waals surface area contributed by atoms with E-state index < -0.39 is 0 Å². The molecule has 1 aromatic carbocycles. The Morgan fingerprint density at radius 1 is 1.12 bits per heavy atom. The van der Waals surface area contributed by atoms with Crippen molar-refractivity contribution >= 4 is 5.91 Å². The van der Waals surface area contributed by atoms with Crippen LogP contribution in [0, 0.1) is 6.92 Å². The third kappa shape index (κ3) is 3.51. The molecule has 0 saturated carbocycles. The van der Waals surface area contributed by atoms with E-state index in [1.807, 2.05) is 6.07 Å². The van der Waals surface area contributed by atoms with E-state index >= 15 is 0 Å². The van der Waals surface area contributed by atoms with Crippen LogP contribution in [0.4, 0.5) is 0 Å². The summed E-state index contributed by atoms with van der Waals surface area (Å²) in [7, 11) is 3.48. The first-order chi connectivity index (χ1) is 11.8. The highest BCUT2D eigenvalue weighted by Crippen LogP contribution is 2.41. The van der Waals surface area contributed by atoms with Crippen LogP contribution in [0.25, 0.3) is 0 Å². The van der Waals surface area contributed by atoms with Crippen molar-refractivity contribution in [1.82, 2.24) is 4.90 Å². The molecule has 0 saturated heterocycles. The van der Waals surface area contributed by atoms with Gasteiger partial charge in [0.1, 0.15) is 5.76 Å². The van der Waals surface area contributed by atoms with Gasteiger partial charge in [0.2, 0.25) is 0 Å². The summed E-state index contributed by atoms with van der Waals surface area (Å²) in [6.07, 6.45) is 1.85. The van der Waals surface area contributed by atoms with Crippen molar-refractivity contribution in [2.75, 3.05) is 14.1 Å². The molecule has 0 unspecified atom stereocenters. The van der Waals surface area contributed by atoms with Gasteiger partial charge in [-0.05, 0) is 54.5 Å². The number of furan rings is 1. The van der Waals surface area contributed by atoms with Crippen molar-refractivity contribution in [3.63, 3.8) is 0 Å². The number of hydrogen-bond acceptors (Lipinski definition) is 2. The first-order valence-electron chi connectivity index (χ1n) is 9.19. The molecule has 2 rings (SSSR count). The molecule has 0 fully saturated rings. The fourth-order valence-electron chi connectivity index (χ4n) is 3.64. The Labute approximate surface area is 152 Å². The van der Waals surface area contributed by atoms with E-state index in [4.69, 9.17) is 4.42 Å². The van der Waals surface area contributed by atoms with Crippen molar-refractivity contribution in [1.29, 1.82) is 0 Å². The first-order valence-corrected chi connectivity index (χ1v) is 9.19. The van der Waals surface area contributed by atoms with E-state index in [1.165, 1.54) is 16.7 Å². The molecule has 3 nitrogen and oxygen atoms in total. The average Bonchev–Trinajstić information content (AvgIpc) is 3.07. The molecule has 1 heterocycles. The summed E-state index contributed by atoms with van der Waals surface area (Å²) in [6.45, 7) is 11.0. The second kappa shape index (κ2) is 7.47. The van der Waals surface area contributed by atoms with Gasteiger partial charge in [0, 0.05) is 14.1 Å². The van der Waals surface area contributed by atoms with Gasteiger partial charge in [-0.1, -0.05) is 45.9 Å². The molecular weight excluding hydrogens is 310 g/mol. The SMILES string of the molecule is CCC(CC)(c1ccc(C)c(C(C)C)c1)c1ccc(C(=O)N(C)C)o1. The summed E-state index contributed by atoms with van der Waals surface area (Å²) >= 11 is 0. The molecule has 0 aliphatic carbocycles. The Hall–Kier alpha value is -2.03. The smallest absolute Gasteiger partial charge is 0.289 e. The highest BCUT2D eigenvalue weighted by molar-refractivity contribution is 5.91. The van der Waals surface area contributed by atoms with Crippen LogP contribution >= 0.6 is 0 Å². The number of hydrogen-bond donors (Lipinski definition) is 0. The summed E-state index contributed by atoms with van der Waals surface area (Å²) in [5, 5.41) is 0. The van der Waals surface area contributed by atoms with Crippen LogP contribution in [0.2, 0.25) is 0 Å². The molecule has 1 aromatic heterocycles. The molecule has 0 radical (unpaired) electrons. The summed E-state index contributed by atoms with van der Waals surface area (Å²) in [6, 6.07) is 10.5. The van der Waals surface area contributed by atoms with E-state index in [9.17, 15) is 4.79 Å². The Kier molecular flexibility index (Phi) is 5.76. The maximum absolute atomic E-state index is 12.2. The molecule has 0 aliphatic heterocycles. The number of amides is 1. The predicted octanol–water partition coefficient (Wildman–Crippen LogP) is 5.52. The predicted molar refractivity (Wildman–Crippen MR) is 103 cm³/mol. The van der Waals surface area contributed by atoms with Crippen LogP contribution in [0.1, 0.15) is 79.5 Å². The average molecular weight is 341 g/mol. The number of nitrogens with zero attached hydrogens (tertiary/aromatic N) is 1. The van der Waals surface area contributed by atoms with E-state index in [0.29, 0.717) is 11.7 Å². The molecule has 3 heteroatoms. The molecule has 2 aromatic rings. The van der Waals surface area contributed by atoms with Gasteiger partial charge in [-0.2, -0.15) is 0 Å². The number of carbonyl (C=O) groups is 1. The number of rotatable bonds is 6. The van der Waals surface area contributed by atoms with Crippen LogP contribution in [-0.4, -0.2) is 24.9 Å². The topological polar surface area (TPSA) is 33.5 Å². The van der Waals surface area contributed by atoms with Crippen LogP contribution in [0.5, 0.6) is 0 Å².